The molecular weight excluding hydrogens is 373 g/mol. The molecular formula is C21H23ClNNaO3. The summed E-state index contributed by atoms with van der Waals surface area (Å²) in [5, 5.41) is 12.1. The van der Waals surface area contributed by atoms with E-state index in [4.69, 9.17) is 16.3 Å². The number of rotatable bonds is 6. The predicted octanol–water partition coefficient (Wildman–Crippen LogP) is 0.695. The van der Waals surface area contributed by atoms with E-state index in [1.165, 1.54) is 0 Å². The second-order valence-corrected chi connectivity index (χ2v) is 7.51. The molecule has 2 aromatic carbocycles. The maximum atomic E-state index is 11.4. The summed E-state index contributed by atoms with van der Waals surface area (Å²) in [7, 11) is 0. The number of aromatic carboxylic acids is 1. The summed E-state index contributed by atoms with van der Waals surface area (Å²) in [6, 6.07) is 11.0. The normalized spacial score (nSPS) is 13.1. The quantitative estimate of drug-likeness (QED) is 0.675. The molecule has 0 aromatic heterocycles. The Balaban J connectivity index is 0.00000261. The molecule has 0 N–H and O–H groups in total. The van der Waals surface area contributed by atoms with Gasteiger partial charge in [0.05, 0.1) is 12.6 Å². The van der Waals surface area contributed by atoms with Crippen LogP contribution in [-0.2, 0) is 13.0 Å². The summed E-state index contributed by atoms with van der Waals surface area (Å²) in [6.07, 6.45) is 1.66. The molecule has 3 rings (SSSR count). The maximum Gasteiger partial charge on any atom is 1.00 e. The molecule has 138 valence electrons. The first-order valence-electron chi connectivity index (χ1n) is 8.95. The molecule has 6 heteroatoms. The summed E-state index contributed by atoms with van der Waals surface area (Å²) in [6.45, 7) is 6.34. The Hall–Kier alpha value is -1.20. The molecule has 0 spiro atoms. The largest absolute Gasteiger partial charge is 1.00 e. The first-order valence-corrected chi connectivity index (χ1v) is 9.33. The Morgan fingerprint density at radius 2 is 2.07 bits per heavy atom. The van der Waals surface area contributed by atoms with Crippen molar-refractivity contribution in [3.8, 4) is 5.75 Å². The molecule has 0 aliphatic carbocycles. The fourth-order valence-electron chi connectivity index (χ4n) is 3.33. The van der Waals surface area contributed by atoms with E-state index in [-0.39, 0.29) is 35.1 Å². The molecule has 0 fully saturated rings. The van der Waals surface area contributed by atoms with Crippen molar-refractivity contribution in [1.82, 2.24) is 0 Å². The van der Waals surface area contributed by atoms with Gasteiger partial charge in [-0.25, -0.2) is 0 Å². The molecule has 27 heavy (non-hydrogen) atoms. The number of carbonyl (C=O) groups is 1. The van der Waals surface area contributed by atoms with E-state index in [9.17, 15) is 9.90 Å². The molecule has 0 atom stereocenters. The molecule has 0 unspecified atom stereocenters. The molecule has 4 nitrogen and oxygen atoms in total. The van der Waals surface area contributed by atoms with Crippen molar-refractivity contribution in [2.45, 2.75) is 33.2 Å². The molecule has 0 amide bonds. The van der Waals surface area contributed by atoms with Crippen molar-refractivity contribution < 1.29 is 44.2 Å². The van der Waals surface area contributed by atoms with Crippen LogP contribution in [0.1, 0.15) is 41.8 Å². The Labute approximate surface area is 187 Å². The van der Waals surface area contributed by atoms with Crippen LogP contribution in [0.15, 0.2) is 36.4 Å². The third-order valence-electron chi connectivity index (χ3n) is 4.52. The summed E-state index contributed by atoms with van der Waals surface area (Å²) in [4.78, 5) is 13.6. The standard InChI is InChI=1S/C21H24ClNO3.Na/c1-14(2)13-26-20-9-8-16(22)11-15(20)12-23-10-4-6-17-18(21(24)25)5-3-7-19(17)23;/h3,5,7-9,11,14H,4,6,10,12-13H2,1-2H3,(H,24,25);/q;+1/p-1. The van der Waals surface area contributed by atoms with Gasteiger partial charge in [0.1, 0.15) is 5.75 Å². The van der Waals surface area contributed by atoms with Crippen molar-refractivity contribution in [3.63, 3.8) is 0 Å². The van der Waals surface area contributed by atoms with Crippen molar-refractivity contribution in [3.05, 3.63) is 58.1 Å². The topological polar surface area (TPSA) is 52.6 Å². The van der Waals surface area contributed by atoms with E-state index in [1.54, 1.807) is 12.1 Å². The zero-order valence-corrected chi connectivity index (χ0v) is 18.9. The Morgan fingerprint density at radius 1 is 1.30 bits per heavy atom. The second-order valence-electron chi connectivity index (χ2n) is 7.07. The zero-order valence-electron chi connectivity index (χ0n) is 16.1. The van der Waals surface area contributed by atoms with Crippen LogP contribution in [0.5, 0.6) is 5.75 Å². The minimum atomic E-state index is -1.12. The van der Waals surface area contributed by atoms with Crippen molar-refractivity contribution in [2.75, 3.05) is 18.1 Å². The zero-order chi connectivity index (χ0) is 18.7. The van der Waals surface area contributed by atoms with Gasteiger partial charge in [-0.15, -0.1) is 0 Å². The minimum absolute atomic E-state index is 0. The van der Waals surface area contributed by atoms with Gasteiger partial charge in [0.15, 0.2) is 0 Å². The van der Waals surface area contributed by atoms with E-state index in [0.717, 1.165) is 42.0 Å². The van der Waals surface area contributed by atoms with E-state index >= 15 is 0 Å². The van der Waals surface area contributed by atoms with Gasteiger partial charge in [-0.05, 0) is 48.6 Å². The van der Waals surface area contributed by atoms with Gasteiger partial charge in [0.2, 0.25) is 0 Å². The fraction of sp³-hybridized carbons (Fsp3) is 0.381. The Bertz CT molecular complexity index is 810. The van der Waals surface area contributed by atoms with Crippen molar-refractivity contribution >= 4 is 23.3 Å². The molecule has 0 radical (unpaired) electrons. The molecule has 1 aliphatic rings. The number of nitrogens with zero attached hydrogens (tertiary/aromatic N) is 1. The smallest absolute Gasteiger partial charge is 0.545 e. The van der Waals surface area contributed by atoms with E-state index in [1.807, 2.05) is 24.3 Å². The fourth-order valence-corrected chi connectivity index (χ4v) is 3.53. The van der Waals surface area contributed by atoms with Crippen LogP contribution < -0.4 is 44.3 Å². The number of halogens is 1. The molecule has 0 saturated heterocycles. The van der Waals surface area contributed by atoms with E-state index in [2.05, 4.69) is 18.7 Å². The number of anilines is 1. The Kier molecular flexibility index (Phi) is 8.04. The minimum Gasteiger partial charge on any atom is -0.545 e. The van der Waals surface area contributed by atoms with Crippen LogP contribution in [0.25, 0.3) is 0 Å². The number of fused-ring (bicyclic) bond motifs is 1. The van der Waals surface area contributed by atoms with Gasteiger partial charge < -0.3 is 19.5 Å². The van der Waals surface area contributed by atoms with Crippen molar-refractivity contribution in [1.29, 1.82) is 0 Å². The number of carboxylic acid groups (broad SMARTS) is 1. The van der Waals surface area contributed by atoms with Crippen LogP contribution in [0, 0.1) is 5.92 Å². The Morgan fingerprint density at radius 3 is 2.78 bits per heavy atom. The number of carboxylic acids is 1. The third-order valence-corrected chi connectivity index (χ3v) is 4.76. The molecule has 0 saturated carbocycles. The number of hydrogen-bond donors (Lipinski definition) is 0. The molecule has 0 bridgehead atoms. The van der Waals surface area contributed by atoms with Gasteiger partial charge in [-0.1, -0.05) is 37.6 Å². The number of carbonyl (C=O) groups excluding carboxylic acids is 1. The molecule has 1 heterocycles. The maximum absolute atomic E-state index is 11.4. The monoisotopic (exact) mass is 395 g/mol. The summed E-state index contributed by atoms with van der Waals surface area (Å²) < 4.78 is 5.96. The first-order chi connectivity index (χ1) is 12.5. The summed E-state index contributed by atoms with van der Waals surface area (Å²) in [5.41, 5.74) is 3.09. The van der Waals surface area contributed by atoms with E-state index < -0.39 is 5.97 Å². The number of ether oxygens (including phenoxy) is 1. The van der Waals surface area contributed by atoms with Gasteiger partial charge in [0.25, 0.3) is 0 Å². The van der Waals surface area contributed by atoms with Crippen LogP contribution in [-0.4, -0.2) is 19.1 Å². The van der Waals surface area contributed by atoms with Gasteiger partial charge in [0, 0.05) is 34.9 Å². The van der Waals surface area contributed by atoms with Gasteiger partial charge >= 0.3 is 29.6 Å². The molecule has 1 aliphatic heterocycles. The second kappa shape index (κ2) is 9.83. The van der Waals surface area contributed by atoms with Crippen LogP contribution >= 0.6 is 11.6 Å². The first kappa shape index (κ1) is 22.1. The van der Waals surface area contributed by atoms with Crippen LogP contribution in [0.3, 0.4) is 0 Å². The van der Waals surface area contributed by atoms with Crippen molar-refractivity contribution in [2.24, 2.45) is 5.92 Å². The van der Waals surface area contributed by atoms with Crippen LogP contribution in [0.4, 0.5) is 5.69 Å². The van der Waals surface area contributed by atoms with Crippen LogP contribution in [0.2, 0.25) is 5.02 Å². The summed E-state index contributed by atoms with van der Waals surface area (Å²) in [5.74, 6) is 0.138. The average molecular weight is 396 g/mol. The summed E-state index contributed by atoms with van der Waals surface area (Å²) >= 11 is 6.20. The third kappa shape index (κ3) is 5.41. The SMILES string of the molecule is CC(C)COc1ccc(Cl)cc1CN1CCCc2c(C(=O)[O-])cccc21.[Na+]. The molecule has 2 aromatic rings. The average Bonchev–Trinajstić information content (AvgIpc) is 2.60. The van der Waals surface area contributed by atoms with Gasteiger partial charge in [-0.3, -0.25) is 0 Å². The number of hydrogen-bond acceptors (Lipinski definition) is 4. The number of benzene rings is 2. The van der Waals surface area contributed by atoms with Gasteiger partial charge in [-0.2, -0.15) is 0 Å². The van der Waals surface area contributed by atoms with E-state index in [0.29, 0.717) is 24.1 Å². The predicted molar refractivity (Wildman–Crippen MR) is 102 cm³/mol.